The van der Waals surface area contributed by atoms with Crippen LogP contribution in [0.15, 0.2) is 30.5 Å². The lowest BCUT2D eigenvalue weighted by atomic mass is 9.53. The Morgan fingerprint density at radius 3 is 2.81 bits per heavy atom. The number of benzene rings is 1. The summed E-state index contributed by atoms with van der Waals surface area (Å²) < 4.78 is 5.09. The Balaban J connectivity index is 1.81. The fourth-order valence-electron chi connectivity index (χ4n) is 5.01. The number of fused-ring (bicyclic) bond motifs is 3. The van der Waals surface area contributed by atoms with E-state index in [1.54, 1.807) is 6.92 Å². The third-order valence-corrected chi connectivity index (χ3v) is 6.31. The van der Waals surface area contributed by atoms with Crippen LogP contribution < -0.4 is 0 Å². The van der Waals surface area contributed by atoms with E-state index in [1.165, 1.54) is 5.56 Å². The Morgan fingerprint density at radius 2 is 2.08 bits per heavy atom. The predicted octanol–water partition coefficient (Wildman–Crippen LogP) is 3.43. The molecule has 0 bridgehead atoms. The number of aryl methyl sites for hydroxylation is 1. The number of carbonyl (C=O) groups excluding carboxylic acids is 2. The standard InChI is InChI=1S/C21H24N2O3/c1-3-26-20(25)14-4-7-16(8-5-14)21-11-10-18(24)13(2)17(21)9-6-15-12-22-23-19(15)21/h4-5,7-8,12-13,17H,3,6,9-11H2,1-2H3,(H,22,23)/t13-,17-,21+/m0/s1. The van der Waals surface area contributed by atoms with E-state index in [2.05, 4.69) is 17.1 Å². The SMILES string of the molecule is CCOC(=O)c1ccc([C@]23CCC(=O)[C@@H](C)[C@@H]2CCc2cn[nH]c23)cc1. The maximum absolute atomic E-state index is 12.4. The Kier molecular flexibility index (Phi) is 4.17. The summed E-state index contributed by atoms with van der Waals surface area (Å²) in [7, 11) is 0. The number of ether oxygens (including phenoxy) is 1. The molecule has 0 amide bonds. The molecule has 5 nitrogen and oxygen atoms in total. The number of Topliss-reactive ketones (excluding diaryl/α,β-unsaturated/α-hetero) is 1. The highest BCUT2D eigenvalue weighted by Gasteiger charge is 2.52. The molecule has 1 aromatic heterocycles. The van der Waals surface area contributed by atoms with Gasteiger partial charge in [-0.15, -0.1) is 0 Å². The number of hydrogen-bond acceptors (Lipinski definition) is 4. The van der Waals surface area contributed by atoms with Gasteiger partial charge >= 0.3 is 5.97 Å². The van der Waals surface area contributed by atoms with Crippen LogP contribution in [0.3, 0.4) is 0 Å². The first-order valence-electron chi connectivity index (χ1n) is 9.41. The van der Waals surface area contributed by atoms with Gasteiger partial charge in [-0.25, -0.2) is 4.79 Å². The molecule has 2 aromatic rings. The zero-order chi connectivity index (χ0) is 18.3. The van der Waals surface area contributed by atoms with Gasteiger partial charge in [0.15, 0.2) is 0 Å². The molecule has 1 saturated carbocycles. The molecule has 136 valence electrons. The van der Waals surface area contributed by atoms with Crippen molar-refractivity contribution >= 4 is 11.8 Å². The van der Waals surface area contributed by atoms with E-state index in [0.29, 0.717) is 24.4 Å². The number of nitrogens with zero attached hydrogens (tertiary/aromatic N) is 1. The minimum atomic E-state index is -0.300. The number of hydrogen-bond donors (Lipinski definition) is 1. The van der Waals surface area contributed by atoms with Crippen LogP contribution in [0.5, 0.6) is 0 Å². The van der Waals surface area contributed by atoms with Crippen molar-refractivity contribution in [1.82, 2.24) is 10.2 Å². The van der Waals surface area contributed by atoms with E-state index in [-0.39, 0.29) is 23.2 Å². The second-order valence-electron chi connectivity index (χ2n) is 7.44. The third kappa shape index (κ3) is 2.41. The second kappa shape index (κ2) is 6.38. The minimum Gasteiger partial charge on any atom is -0.462 e. The number of H-pyrrole nitrogens is 1. The summed E-state index contributed by atoms with van der Waals surface area (Å²) in [4.78, 5) is 24.4. The Morgan fingerprint density at radius 1 is 1.31 bits per heavy atom. The lowest BCUT2D eigenvalue weighted by Crippen LogP contribution is -2.49. The molecule has 1 heterocycles. The van der Waals surface area contributed by atoms with Crippen LogP contribution in [0, 0.1) is 11.8 Å². The molecule has 0 aliphatic heterocycles. The monoisotopic (exact) mass is 352 g/mol. The highest BCUT2D eigenvalue weighted by atomic mass is 16.5. The van der Waals surface area contributed by atoms with Crippen molar-refractivity contribution in [3.63, 3.8) is 0 Å². The van der Waals surface area contributed by atoms with Crippen molar-refractivity contribution < 1.29 is 14.3 Å². The first-order valence-corrected chi connectivity index (χ1v) is 9.41. The van der Waals surface area contributed by atoms with Crippen molar-refractivity contribution in [2.75, 3.05) is 6.61 Å². The zero-order valence-corrected chi connectivity index (χ0v) is 15.2. The zero-order valence-electron chi connectivity index (χ0n) is 15.2. The van der Waals surface area contributed by atoms with Crippen molar-refractivity contribution in [2.24, 2.45) is 11.8 Å². The molecule has 2 aliphatic carbocycles. The number of ketones is 1. The van der Waals surface area contributed by atoms with Crippen molar-refractivity contribution in [3.05, 3.63) is 52.8 Å². The average Bonchev–Trinajstić information content (AvgIpc) is 3.14. The van der Waals surface area contributed by atoms with Crippen molar-refractivity contribution in [1.29, 1.82) is 0 Å². The van der Waals surface area contributed by atoms with Crippen LogP contribution in [-0.2, 0) is 21.4 Å². The Hall–Kier alpha value is -2.43. The summed E-state index contributed by atoms with van der Waals surface area (Å²) in [6, 6.07) is 7.73. The van der Waals surface area contributed by atoms with E-state index in [0.717, 1.165) is 30.5 Å². The fourth-order valence-corrected chi connectivity index (χ4v) is 5.01. The molecule has 5 heteroatoms. The molecule has 2 aliphatic rings. The summed E-state index contributed by atoms with van der Waals surface area (Å²) in [5, 5.41) is 7.53. The number of nitrogens with one attached hydrogen (secondary N) is 1. The molecule has 1 aromatic carbocycles. The number of aromatic amines is 1. The molecular formula is C21H24N2O3. The van der Waals surface area contributed by atoms with Crippen LogP contribution in [0.2, 0.25) is 0 Å². The quantitative estimate of drug-likeness (QED) is 0.859. The van der Waals surface area contributed by atoms with Gasteiger partial charge in [-0.3, -0.25) is 9.89 Å². The van der Waals surface area contributed by atoms with Gasteiger partial charge in [-0.05, 0) is 55.4 Å². The third-order valence-electron chi connectivity index (χ3n) is 6.31. The molecule has 26 heavy (non-hydrogen) atoms. The van der Waals surface area contributed by atoms with E-state index < -0.39 is 0 Å². The number of esters is 1. The van der Waals surface area contributed by atoms with Gasteiger partial charge in [-0.1, -0.05) is 19.1 Å². The lowest BCUT2D eigenvalue weighted by molar-refractivity contribution is -0.128. The first kappa shape index (κ1) is 17.0. The Bertz CT molecular complexity index is 839. The molecule has 0 radical (unpaired) electrons. The summed E-state index contributed by atoms with van der Waals surface area (Å²) in [6.07, 6.45) is 5.22. The van der Waals surface area contributed by atoms with Crippen molar-refractivity contribution in [2.45, 2.75) is 44.9 Å². The van der Waals surface area contributed by atoms with Gasteiger partial charge in [0.2, 0.25) is 0 Å². The molecule has 0 saturated heterocycles. The largest absolute Gasteiger partial charge is 0.462 e. The van der Waals surface area contributed by atoms with Gasteiger partial charge < -0.3 is 4.74 Å². The fraction of sp³-hybridized carbons (Fsp3) is 0.476. The number of carbonyl (C=O) groups is 2. The summed E-state index contributed by atoms with van der Waals surface area (Å²) >= 11 is 0. The highest BCUT2D eigenvalue weighted by molar-refractivity contribution is 5.89. The lowest BCUT2D eigenvalue weighted by Gasteiger charge is -2.49. The van der Waals surface area contributed by atoms with Gasteiger partial charge in [0.1, 0.15) is 5.78 Å². The van der Waals surface area contributed by atoms with E-state index in [9.17, 15) is 9.59 Å². The molecule has 3 atom stereocenters. The van der Waals surface area contributed by atoms with Crippen LogP contribution in [-0.4, -0.2) is 28.6 Å². The molecule has 1 fully saturated rings. The molecule has 0 spiro atoms. The normalized spacial score (nSPS) is 27.5. The smallest absolute Gasteiger partial charge is 0.338 e. The minimum absolute atomic E-state index is 0.0323. The van der Waals surface area contributed by atoms with Gasteiger partial charge in [0.25, 0.3) is 0 Å². The van der Waals surface area contributed by atoms with Crippen LogP contribution >= 0.6 is 0 Å². The van der Waals surface area contributed by atoms with E-state index >= 15 is 0 Å². The average molecular weight is 352 g/mol. The molecular weight excluding hydrogens is 328 g/mol. The van der Waals surface area contributed by atoms with Crippen LogP contribution in [0.1, 0.15) is 60.3 Å². The maximum atomic E-state index is 12.4. The summed E-state index contributed by atoms with van der Waals surface area (Å²) in [6.45, 7) is 4.23. The Labute approximate surface area is 153 Å². The number of rotatable bonds is 3. The van der Waals surface area contributed by atoms with Crippen LogP contribution in [0.4, 0.5) is 0 Å². The van der Waals surface area contributed by atoms with Gasteiger partial charge in [-0.2, -0.15) is 5.10 Å². The second-order valence-corrected chi connectivity index (χ2v) is 7.44. The van der Waals surface area contributed by atoms with Crippen LogP contribution in [0.25, 0.3) is 0 Å². The molecule has 0 unspecified atom stereocenters. The molecule has 4 rings (SSSR count). The molecule has 1 N–H and O–H groups in total. The number of aromatic nitrogens is 2. The van der Waals surface area contributed by atoms with E-state index in [1.807, 2.05) is 30.5 Å². The predicted molar refractivity (Wildman–Crippen MR) is 97.0 cm³/mol. The summed E-state index contributed by atoms with van der Waals surface area (Å²) in [5.41, 5.74) is 3.88. The van der Waals surface area contributed by atoms with Crippen molar-refractivity contribution in [3.8, 4) is 0 Å². The summed E-state index contributed by atoms with van der Waals surface area (Å²) in [5.74, 6) is 0.345. The topological polar surface area (TPSA) is 72.1 Å². The van der Waals surface area contributed by atoms with Gasteiger partial charge in [0, 0.05) is 23.4 Å². The highest BCUT2D eigenvalue weighted by Crippen LogP contribution is 2.54. The van der Waals surface area contributed by atoms with E-state index in [4.69, 9.17) is 4.74 Å². The maximum Gasteiger partial charge on any atom is 0.338 e. The first-order chi connectivity index (χ1) is 12.6. The van der Waals surface area contributed by atoms with Gasteiger partial charge in [0.05, 0.1) is 18.4 Å².